The summed E-state index contributed by atoms with van der Waals surface area (Å²) in [5.74, 6) is 2.11. The van der Waals surface area contributed by atoms with E-state index in [1.807, 2.05) is 26.8 Å². The summed E-state index contributed by atoms with van der Waals surface area (Å²) >= 11 is 0. The maximum absolute atomic E-state index is 11.7. The minimum absolute atomic E-state index is 0.0647. The normalized spacial score (nSPS) is 11.0. The Morgan fingerprint density at radius 2 is 2.25 bits per heavy atom. The average molecular weight is 277 g/mol. The second kappa shape index (κ2) is 6.36. The molecule has 0 atom stereocenters. The molecule has 0 spiro atoms. The monoisotopic (exact) mass is 277 g/mol. The third-order valence-corrected chi connectivity index (χ3v) is 2.98. The van der Waals surface area contributed by atoms with Gasteiger partial charge in [0.25, 0.3) is 0 Å². The molecule has 6 nitrogen and oxygen atoms in total. The summed E-state index contributed by atoms with van der Waals surface area (Å²) in [4.78, 5) is 16.0. The fourth-order valence-electron chi connectivity index (χ4n) is 1.68. The summed E-state index contributed by atoms with van der Waals surface area (Å²) in [6, 6.07) is 1.87. The van der Waals surface area contributed by atoms with Gasteiger partial charge in [0.15, 0.2) is 5.82 Å². The number of aromatic nitrogens is 2. The van der Waals surface area contributed by atoms with Crippen LogP contribution in [0.1, 0.15) is 49.2 Å². The molecule has 2 aromatic rings. The van der Waals surface area contributed by atoms with Crippen LogP contribution < -0.4 is 5.32 Å². The van der Waals surface area contributed by atoms with Crippen molar-refractivity contribution in [3.63, 3.8) is 0 Å². The summed E-state index contributed by atoms with van der Waals surface area (Å²) in [7, 11) is 0. The standard InChI is InChI=1S/C14H19N3O3/c1-9(2)14-16-13(20-17-14)5-4-12(18)15-8-11-10(3)6-7-19-11/h6-7,9H,4-5,8H2,1-3H3,(H,15,18). The van der Waals surface area contributed by atoms with Crippen LogP contribution in [-0.4, -0.2) is 16.0 Å². The first-order valence-corrected chi connectivity index (χ1v) is 6.68. The van der Waals surface area contributed by atoms with Crippen molar-refractivity contribution >= 4 is 5.91 Å². The van der Waals surface area contributed by atoms with Crippen molar-refractivity contribution in [3.05, 3.63) is 35.4 Å². The van der Waals surface area contributed by atoms with E-state index in [4.69, 9.17) is 8.94 Å². The van der Waals surface area contributed by atoms with Gasteiger partial charge in [-0.25, -0.2) is 0 Å². The van der Waals surface area contributed by atoms with Crippen LogP contribution in [0, 0.1) is 6.92 Å². The molecule has 20 heavy (non-hydrogen) atoms. The number of nitrogens with one attached hydrogen (secondary N) is 1. The molecule has 2 heterocycles. The van der Waals surface area contributed by atoms with Crippen LogP contribution in [0.3, 0.4) is 0 Å². The summed E-state index contributed by atoms with van der Waals surface area (Å²) in [6.45, 7) is 6.33. The van der Waals surface area contributed by atoms with Crippen LogP contribution >= 0.6 is 0 Å². The molecule has 0 aliphatic carbocycles. The van der Waals surface area contributed by atoms with E-state index in [-0.39, 0.29) is 11.8 Å². The molecular weight excluding hydrogens is 258 g/mol. The van der Waals surface area contributed by atoms with Crippen molar-refractivity contribution in [3.8, 4) is 0 Å². The quantitative estimate of drug-likeness (QED) is 0.876. The topological polar surface area (TPSA) is 81.2 Å². The van der Waals surface area contributed by atoms with E-state index < -0.39 is 0 Å². The Hall–Kier alpha value is -2.11. The Morgan fingerprint density at radius 3 is 2.85 bits per heavy atom. The lowest BCUT2D eigenvalue weighted by molar-refractivity contribution is -0.121. The van der Waals surface area contributed by atoms with Gasteiger partial charge in [0.1, 0.15) is 5.76 Å². The van der Waals surface area contributed by atoms with E-state index in [1.54, 1.807) is 6.26 Å². The van der Waals surface area contributed by atoms with Gasteiger partial charge in [-0.2, -0.15) is 4.98 Å². The van der Waals surface area contributed by atoms with Gasteiger partial charge in [0, 0.05) is 18.8 Å². The van der Waals surface area contributed by atoms with Gasteiger partial charge in [-0.15, -0.1) is 0 Å². The highest BCUT2D eigenvalue weighted by molar-refractivity contribution is 5.75. The Labute approximate surface area is 117 Å². The van der Waals surface area contributed by atoms with E-state index in [1.165, 1.54) is 0 Å². The van der Waals surface area contributed by atoms with Crippen LogP contribution in [0.2, 0.25) is 0 Å². The number of nitrogens with zero attached hydrogens (tertiary/aromatic N) is 2. The number of hydrogen-bond acceptors (Lipinski definition) is 5. The van der Waals surface area contributed by atoms with E-state index in [9.17, 15) is 4.79 Å². The molecule has 0 bridgehead atoms. The number of aryl methyl sites for hydroxylation is 2. The lowest BCUT2D eigenvalue weighted by atomic mass is 10.2. The van der Waals surface area contributed by atoms with E-state index in [2.05, 4.69) is 15.5 Å². The van der Waals surface area contributed by atoms with Crippen LogP contribution in [0.25, 0.3) is 0 Å². The average Bonchev–Trinajstić information content (AvgIpc) is 3.03. The molecule has 0 aliphatic rings. The summed E-state index contributed by atoms with van der Waals surface area (Å²) in [5.41, 5.74) is 1.03. The first-order chi connectivity index (χ1) is 9.56. The van der Waals surface area contributed by atoms with E-state index in [0.29, 0.717) is 31.1 Å². The van der Waals surface area contributed by atoms with Gasteiger partial charge in [-0.05, 0) is 18.6 Å². The number of carbonyl (C=O) groups is 1. The minimum Gasteiger partial charge on any atom is -0.467 e. The van der Waals surface area contributed by atoms with Gasteiger partial charge >= 0.3 is 0 Å². The van der Waals surface area contributed by atoms with Crippen LogP contribution in [0.4, 0.5) is 0 Å². The van der Waals surface area contributed by atoms with Crippen molar-refractivity contribution in [2.45, 2.75) is 46.1 Å². The predicted molar refractivity (Wildman–Crippen MR) is 72.0 cm³/mol. The van der Waals surface area contributed by atoms with Gasteiger partial charge in [0.2, 0.25) is 11.8 Å². The molecule has 2 rings (SSSR count). The van der Waals surface area contributed by atoms with Crippen molar-refractivity contribution in [1.29, 1.82) is 0 Å². The van der Waals surface area contributed by atoms with E-state index >= 15 is 0 Å². The lowest BCUT2D eigenvalue weighted by Gasteiger charge is -2.02. The van der Waals surface area contributed by atoms with Gasteiger partial charge < -0.3 is 14.3 Å². The van der Waals surface area contributed by atoms with Crippen molar-refractivity contribution in [2.75, 3.05) is 0 Å². The predicted octanol–water partition coefficient (Wildman–Crippen LogP) is 2.34. The highest BCUT2D eigenvalue weighted by Crippen LogP contribution is 2.11. The second-order valence-electron chi connectivity index (χ2n) is 5.00. The molecular formula is C14H19N3O3. The maximum atomic E-state index is 11.7. The number of amides is 1. The molecule has 108 valence electrons. The molecule has 0 unspecified atom stereocenters. The van der Waals surface area contributed by atoms with Crippen molar-refractivity contribution in [1.82, 2.24) is 15.5 Å². The third-order valence-electron chi connectivity index (χ3n) is 2.98. The minimum atomic E-state index is -0.0647. The molecule has 0 saturated heterocycles. The van der Waals surface area contributed by atoms with Gasteiger partial charge in [-0.1, -0.05) is 19.0 Å². The molecule has 2 aromatic heterocycles. The first kappa shape index (κ1) is 14.3. The maximum Gasteiger partial charge on any atom is 0.227 e. The fourth-order valence-corrected chi connectivity index (χ4v) is 1.68. The molecule has 0 radical (unpaired) electrons. The zero-order chi connectivity index (χ0) is 14.5. The van der Waals surface area contributed by atoms with Crippen molar-refractivity contribution < 1.29 is 13.7 Å². The zero-order valence-corrected chi connectivity index (χ0v) is 12.0. The molecule has 1 N–H and O–H groups in total. The molecule has 1 amide bonds. The summed E-state index contributed by atoms with van der Waals surface area (Å²) < 4.78 is 10.3. The third kappa shape index (κ3) is 3.69. The van der Waals surface area contributed by atoms with Crippen LogP contribution in [0.5, 0.6) is 0 Å². The Morgan fingerprint density at radius 1 is 1.45 bits per heavy atom. The SMILES string of the molecule is Cc1ccoc1CNC(=O)CCc1nc(C(C)C)no1. The smallest absolute Gasteiger partial charge is 0.227 e. The number of hydrogen-bond donors (Lipinski definition) is 1. The number of furan rings is 1. The fraction of sp³-hybridized carbons (Fsp3) is 0.500. The Balaban J connectivity index is 1.76. The second-order valence-corrected chi connectivity index (χ2v) is 5.00. The largest absolute Gasteiger partial charge is 0.467 e. The zero-order valence-electron chi connectivity index (χ0n) is 12.0. The first-order valence-electron chi connectivity index (χ1n) is 6.68. The van der Waals surface area contributed by atoms with E-state index in [0.717, 1.165) is 11.3 Å². The summed E-state index contributed by atoms with van der Waals surface area (Å²) in [5, 5.41) is 6.66. The number of carbonyl (C=O) groups excluding carboxylic acids is 1. The molecule has 0 saturated carbocycles. The molecule has 0 aromatic carbocycles. The lowest BCUT2D eigenvalue weighted by Crippen LogP contribution is -2.23. The van der Waals surface area contributed by atoms with Gasteiger partial charge in [0.05, 0.1) is 12.8 Å². The van der Waals surface area contributed by atoms with Gasteiger partial charge in [-0.3, -0.25) is 4.79 Å². The van der Waals surface area contributed by atoms with Crippen molar-refractivity contribution in [2.24, 2.45) is 0 Å². The number of rotatable bonds is 6. The molecule has 0 fully saturated rings. The van der Waals surface area contributed by atoms with Crippen LogP contribution in [0.15, 0.2) is 21.3 Å². The molecule has 0 aliphatic heterocycles. The molecule has 6 heteroatoms. The Bertz CT molecular complexity index is 572. The summed E-state index contributed by atoms with van der Waals surface area (Å²) in [6.07, 6.45) is 2.38. The Kier molecular flexibility index (Phi) is 4.55. The highest BCUT2D eigenvalue weighted by atomic mass is 16.5. The van der Waals surface area contributed by atoms with Crippen LogP contribution in [-0.2, 0) is 17.8 Å². The highest BCUT2D eigenvalue weighted by Gasteiger charge is 2.11.